The Hall–Kier alpha value is -1.65. The van der Waals surface area contributed by atoms with Gasteiger partial charge in [0.1, 0.15) is 11.5 Å². The van der Waals surface area contributed by atoms with Gasteiger partial charge in [0.2, 0.25) is 0 Å². The van der Waals surface area contributed by atoms with Crippen molar-refractivity contribution in [1.82, 2.24) is 0 Å². The van der Waals surface area contributed by atoms with Crippen molar-refractivity contribution in [2.45, 2.75) is 12.6 Å². The minimum absolute atomic E-state index is 0.199. The molecule has 20 heavy (non-hydrogen) atoms. The highest BCUT2D eigenvalue weighted by atomic mass is 35.5. The molecule has 1 atom stereocenters. The molecule has 2 aromatic rings. The Morgan fingerprint density at radius 3 is 2.60 bits per heavy atom. The van der Waals surface area contributed by atoms with Crippen LogP contribution in [0.25, 0.3) is 0 Å². The number of rotatable bonds is 7. The van der Waals surface area contributed by atoms with Crippen molar-refractivity contribution >= 4 is 17.3 Å². The van der Waals surface area contributed by atoms with Gasteiger partial charge >= 0.3 is 0 Å². The van der Waals surface area contributed by atoms with Crippen LogP contribution >= 0.6 is 11.6 Å². The predicted molar refractivity (Wildman–Crippen MR) is 79.5 cm³/mol. The highest BCUT2D eigenvalue weighted by Gasteiger charge is 2.13. The second kappa shape index (κ2) is 7.22. The number of benzene rings is 1. The van der Waals surface area contributed by atoms with E-state index in [1.165, 1.54) is 0 Å². The number of halogens is 1. The van der Waals surface area contributed by atoms with Crippen LogP contribution in [0, 0.1) is 0 Å². The number of nitrogens with zero attached hydrogens (tertiary/aromatic N) is 1. The number of aliphatic hydroxyl groups is 1. The van der Waals surface area contributed by atoms with E-state index in [1.54, 1.807) is 13.4 Å². The molecule has 4 nitrogen and oxygen atoms in total. The largest absolute Gasteiger partial charge is 0.497 e. The van der Waals surface area contributed by atoms with Crippen LogP contribution < -0.4 is 9.64 Å². The zero-order chi connectivity index (χ0) is 14.4. The molecule has 2 rings (SSSR count). The third-order valence-electron chi connectivity index (χ3n) is 2.97. The first-order valence-corrected chi connectivity index (χ1v) is 6.92. The van der Waals surface area contributed by atoms with Gasteiger partial charge in [-0.3, -0.25) is 0 Å². The van der Waals surface area contributed by atoms with E-state index in [9.17, 15) is 5.11 Å². The Morgan fingerprint density at radius 1 is 1.30 bits per heavy atom. The molecule has 0 aliphatic rings. The average Bonchev–Trinajstić information content (AvgIpc) is 2.99. The van der Waals surface area contributed by atoms with Gasteiger partial charge in [-0.25, -0.2) is 0 Å². The number of furan rings is 1. The van der Waals surface area contributed by atoms with Gasteiger partial charge in [0, 0.05) is 12.2 Å². The molecule has 1 unspecified atom stereocenters. The molecular weight excluding hydrogens is 278 g/mol. The van der Waals surface area contributed by atoms with Gasteiger partial charge in [-0.2, -0.15) is 0 Å². The first-order valence-electron chi connectivity index (χ1n) is 6.38. The molecule has 0 spiro atoms. The first-order chi connectivity index (χ1) is 9.72. The average molecular weight is 296 g/mol. The van der Waals surface area contributed by atoms with Crippen LogP contribution in [0.15, 0.2) is 47.1 Å². The summed E-state index contributed by atoms with van der Waals surface area (Å²) in [7, 11) is 1.63. The van der Waals surface area contributed by atoms with Gasteiger partial charge in [-0.1, -0.05) is 0 Å². The van der Waals surface area contributed by atoms with E-state index in [-0.39, 0.29) is 5.88 Å². The number of aliphatic hydroxyl groups excluding tert-OH is 1. The molecule has 0 aliphatic heterocycles. The maximum Gasteiger partial charge on any atom is 0.123 e. The van der Waals surface area contributed by atoms with Crippen LogP contribution in [0.1, 0.15) is 5.76 Å². The van der Waals surface area contributed by atoms with E-state index in [0.29, 0.717) is 13.1 Å². The number of alkyl halides is 1. The Kier molecular flexibility index (Phi) is 5.32. The molecule has 0 amide bonds. The van der Waals surface area contributed by atoms with Crippen molar-refractivity contribution in [3.05, 3.63) is 48.4 Å². The molecule has 0 saturated heterocycles. The molecule has 108 valence electrons. The lowest BCUT2D eigenvalue weighted by molar-refractivity contribution is 0.202. The number of methoxy groups -OCH3 is 1. The summed E-state index contributed by atoms with van der Waals surface area (Å²) in [5, 5.41) is 9.79. The van der Waals surface area contributed by atoms with E-state index in [4.69, 9.17) is 20.8 Å². The van der Waals surface area contributed by atoms with Gasteiger partial charge in [-0.15, -0.1) is 11.6 Å². The van der Waals surface area contributed by atoms with Crippen molar-refractivity contribution in [2.24, 2.45) is 0 Å². The van der Waals surface area contributed by atoms with E-state index < -0.39 is 6.10 Å². The molecule has 0 fully saturated rings. The molecule has 5 heteroatoms. The Labute approximate surface area is 123 Å². The molecule has 0 saturated carbocycles. The lowest BCUT2D eigenvalue weighted by Crippen LogP contribution is -2.32. The molecule has 1 heterocycles. The summed E-state index contributed by atoms with van der Waals surface area (Å²) in [5.74, 6) is 1.83. The molecule has 1 aromatic carbocycles. The maximum absolute atomic E-state index is 9.79. The van der Waals surface area contributed by atoms with Crippen LogP contribution in [0.5, 0.6) is 5.75 Å². The van der Waals surface area contributed by atoms with Crippen LogP contribution in [0.2, 0.25) is 0 Å². The van der Waals surface area contributed by atoms with E-state index in [2.05, 4.69) is 0 Å². The zero-order valence-corrected chi connectivity index (χ0v) is 12.1. The van der Waals surface area contributed by atoms with E-state index in [0.717, 1.165) is 17.2 Å². The van der Waals surface area contributed by atoms with Gasteiger partial charge < -0.3 is 19.2 Å². The zero-order valence-electron chi connectivity index (χ0n) is 11.3. The van der Waals surface area contributed by atoms with Gasteiger partial charge in [0.05, 0.1) is 31.9 Å². The summed E-state index contributed by atoms with van der Waals surface area (Å²) in [6.07, 6.45) is 1.05. The molecular formula is C15H18ClNO3. The highest BCUT2D eigenvalue weighted by molar-refractivity contribution is 6.18. The topological polar surface area (TPSA) is 45.8 Å². The second-order valence-corrected chi connectivity index (χ2v) is 4.77. The van der Waals surface area contributed by atoms with Crippen molar-refractivity contribution in [3.8, 4) is 5.75 Å². The summed E-state index contributed by atoms with van der Waals surface area (Å²) in [4.78, 5) is 2.02. The van der Waals surface area contributed by atoms with Crippen molar-refractivity contribution < 1.29 is 14.3 Å². The lowest BCUT2D eigenvalue weighted by Gasteiger charge is -2.26. The summed E-state index contributed by atoms with van der Waals surface area (Å²) in [5.41, 5.74) is 0.978. The number of anilines is 1. The summed E-state index contributed by atoms with van der Waals surface area (Å²) in [6, 6.07) is 11.4. The number of hydrogen-bond acceptors (Lipinski definition) is 4. The van der Waals surface area contributed by atoms with E-state index >= 15 is 0 Å². The van der Waals surface area contributed by atoms with Crippen molar-refractivity contribution in [3.63, 3.8) is 0 Å². The molecule has 1 aromatic heterocycles. The Morgan fingerprint density at radius 2 is 2.05 bits per heavy atom. The highest BCUT2D eigenvalue weighted by Crippen LogP contribution is 2.21. The van der Waals surface area contributed by atoms with Gasteiger partial charge in [0.15, 0.2) is 0 Å². The fourth-order valence-electron chi connectivity index (χ4n) is 1.95. The minimum atomic E-state index is -0.589. The summed E-state index contributed by atoms with van der Waals surface area (Å²) in [6.45, 7) is 1.02. The number of hydrogen-bond donors (Lipinski definition) is 1. The lowest BCUT2D eigenvalue weighted by atomic mass is 10.2. The van der Waals surface area contributed by atoms with Gasteiger partial charge in [0.25, 0.3) is 0 Å². The minimum Gasteiger partial charge on any atom is -0.497 e. The fraction of sp³-hybridized carbons (Fsp3) is 0.333. The van der Waals surface area contributed by atoms with E-state index in [1.807, 2.05) is 41.3 Å². The number of ether oxygens (including phenoxy) is 1. The first kappa shape index (κ1) is 14.8. The standard InChI is InChI=1S/C15H18ClNO3/c1-19-14-6-4-12(5-7-14)17(10-13(18)9-16)11-15-3-2-8-20-15/h2-8,13,18H,9-11H2,1H3. The smallest absolute Gasteiger partial charge is 0.123 e. The quantitative estimate of drug-likeness (QED) is 0.798. The maximum atomic E-state index is 9.79. The molecule has 0 radical (unpaired) electrons. The molecule has 0 bridgehead atoms. The third kappa shape index (κ3) is 3.92. The normalized spacial score (nSPS) is 12.2. The van der Waals surface area contributed by atoms with Crippen molar-refractivity contribution in [2.75, 3.05) is 24.4 Å². The van der Waals surface area contributed by atoms with Gasteiger partial charge in [-0.05, 0) is 36.4 Å². The van der Waals surface area contributed by atoms with Crippen LogP contribution in [-0.2, 0) is 6.54 Å². The van der Waals surface area contributed by atoms with Crippen LogP contribution in [-0.4, -0.2) is 30.7 Å². The fourth-order valence-corrected chi connectivity index (χ4v) is 2.05. The Bertz CT molecular complexity index is 498. The summed E-state index contributed by atoms with van der Waals surface area (Å²) < 4.78 is 10.5. The monoisotopic (exact) mass is 295 g/mol. The summed E-state index contributed by atoms with van der Waals surface area (Å²) >= 11 is 5.69. The van der Waals surface area contributed by atoms with Crippen molar-refractivity contribution in [1.29, 1.82) is 0 Å². The second-order valence-electron chi connectivity index (χ2n) is 4.47. The van der Waals surface area contributed by atoms with Crippen LogP contribution in [0.4, 0.5) is 5.69 Å². The molecule has 0 aliphatic carbocycles. The molecule has 1 N–H and O–H groups in total. The third-order valence-corrected chi connectivity index (χ3v) is 3.33. The van der Waals surface area contributed by atoms with Crippen LogP contribution in [0.3, 0.4) is 0 Å². The predicted octanol–water partition coefficient (Wildman–Crippen LogP) is 2.89. The Balaban J connectivity index is 2.15. The SMILES string of the molecule is COc1ccc(N(Cc2ccco2)CC(O)CCl)cc1.